The summed E-state index contributed by atoms with van der Waals surface area (Å²) in [6.45, 7) is 12.1. The van der Waals surface area contributed by atoms with E-state index in [-0.39, 0.29) is 0 Å². The first-order valence-electron chi connectivity index (χ1n) is 5.74. The number of hydrogen-bond donors (Lipinski definition) is 0. The Balaban J connectivity index is 2.06. The van der Waals surface area contributed by atoms with Crippen molar-refractivity contribution in [2.45, 2.75) is 27.2 Å². The molecule has 0 aromatic heterocycles. The van der Waals surface area contributed by atoms with Gasteiger partial charge in [0.1, 0.15) is 0 Å². The monoisotopic (exact) mass is 198 g/mol. The molecule has 1 aliphatic rings. The molecular formula is C12H26N2. The van der Waals surface area contributed by atoms with E-state index in [1.165, 1.54) is 32.6 Å². The molecule has 0 saturated carbocycles. The van der Waals surface area contributed by atoms with Gasteiger partial charge in [0.25, 0.3) is 0 Å². The topological polar surface area (TPSA) is 6.48 Å². The summed E-state index contributed by atoms with van der Waals surface area (Å²) in [7, 11) is 4.32. The first-order valence-corrected chi connectivity index (χ1v) is 5.74. The van der Waals surface area contributed by atoms with E-state index in [1.54, 1.807) is 0 Å². The molecule has 14 heavy (non-hydrogen) atoms. The summed E-state index contributed by atoms with van der Waals surface area (Å²) in [6, 6.07) is 0. The highest BCUT2D eigenvalue weighted by Gasteiger charge is 2.28. The molecule has 1 heterocycles. The van der Waals surface area contributed by atoms with E-state index >= 15 is 0 Å². The largest absolute Gasteiger partial charge is 0.309 e. The van der Waals surface area contributed by atoms with Crippen LogP contribution < -0.4 is 0 Å². The Labute approximate surface area is 89.3 Å². The van der Waals surface area contributed by atoms with Gasteiger partial charge in [-0.2, -0.15) is 0 Å². The molecule has 0 N–H and O–H groups in total. The lowest BCUT2D eigenvalue weighted by Crippen LogP contribution is -2.50. The summed E-state index contributed by atoms with van der Waals surface area (Å²) in [6.07, 6.45) is 1.37. The Morgan fingerprint density at radius 2 is 1.79 bits per heavy atom. The lowest BCUT2D eigenvalue weighted by atomic mass is 9.90. The fourth-order valence-corrected chi connectivity index (χ4v) is 2.10. The molecule has 2 nitrogen and oxygen atoms in total. The molecule has 0 aromatic carbocycles. The van der Waals surface area contributed by atoms with Gasteiger partial charge in [0.15, 0.2) is 0 Å². The molecule has 2 heteroatoms. The van der Waals surface area contributed by atoms with Crippen molar-refractivity contribution in [3.63, 3.8) is 0 Å². The van der Waals surface area contributed by atoms with Gasteiger partial charge < -0.3 is 9.80 Å². The van der Waals surface area contributed by atoms with Crippen molar-refractivity contribution < 1.29 is 0 Å². The van der Waals surface area contributed by atoms with Crippen LogP contribution in [0.5, 0.6) is 0 Å². The van der Waals surface area contributed by atoms with E-state index in [0.717, 1.165) is 5.92 Å². The van der Waals surface area contributed by atoms with Crippen LogP contribution in [0, 0.1) is 11.3 Å². The van der Waals surface area contributed by atoms with E-state index in [2.05, 4.69) is 44.7 Å². The zero-order chi connectivity index (χ0) is 10.8. The van der Waals surface area contributed by atoms with Crippen molar-refractivity contribution in [3.8, 4) is 0 Å². The molecule has 0 unspecified atom stereocenters. The van der Waals surface area contributed by atoms with E-state index in [1.807, 2.05) is 0 Å². The average Bonchev–Trinajstić information content (AvgIpc) is 1.90. The van der Waals surface area contributed by atoms with Gasteiger partial charge in [0.05, 0.1) is 0 Å². The van der Waals surface area contributed by atoms with Crippen molar-refractivity contribution in [1.29, 1.82) is 0 Å². The van der Waals surface area contributed by atoms with Crippen molar-refractivity contribution in [1.82, 2.24) is 9.80 Å². The summed E-state index contributed by atoms with van der Waals surface area (Å²) in [5, 5.41) is 0. The van der Waals surface area contributed by atoms with Crippen LogP contribution in [0.15, 0.2) is 0 Å². The standard InChI is InChI=1S/C12H26N2/c1-12(2,3)10-14-8-11(9-14)6-7-13(4)5/h11H,6-10H2,1-5H3. The minimum atomic E-state index is 0.465. The molecule has 1 aliphatic heterocycles. The predicted octanol–water partition coefficient (Wildman–Crippen LogP) is 1.92. The van der Waals surface area contributed by atoms with Crippen LogP contribution in [0.2, 0.25) is 0 Å². The van der Waals surface area contributed by atoms with Crippen molar-refractivity contribution in [3.05, 3.63) is 0 Å². The highest BCUT2D eigenvalue weighted by Crippen LogP contribution is 2.24. The predicted molar refractivity (Wildman–Crippen MR) is 62.6 cm³/mol. The maximum absolute atomic E-state index is 2.58. The molecule has 0 bridgehead atoms. The van der Waals surface area contributed by atoms with Gasteiger partial charge in [0, 0.05) is 19.6 Å². The molecule has 0 radical (unpaired) electrons. The fraction of sp³-hybridized carbons (Fsp3) is 1.00. The normalized spacial score (nSPS) is 20.1. The molecule has 84 valence electrons. The lowest BCUT2D eigenvalue weighted by Gasteiger charge is -2.43. The zero-order valence-corrected chi connectivity index (χ0v) is 10.5. The first-order chi connectivity index (χ1) is 6.37. The van der Waals surface area contributed by atoms with Crippen LogP contribution >= 0.6 is 0 Å². The van der Waals surface area contributed by atoms with E-state index in [4.69, 9.17) is 0 Å². The summed E-state index contributed by atoms with van der Waals surface area (Å²) < 4.78 is 0. The van der Waals surface area contributed by atoms with E-state index < -0.39 is 0 Å². The molecular weight excluding hydrogens is 172 g/mol. The van der Waals surface area contributed by atoms with Gasteiger partial charge in [-0.25, -0.2) is 0 Å². The van der Waals surface area contributed by atoms with Crippen LogP contribution in [0.25, 0.3) is 0 Å². The molecule has 0 spiro atoms. The second-order valence-corrected chi connectivity index (χ2v) is 6.21. The molecule has 0 aliphatic carbocycles. The number of hydrogen-bond acceptors (Lipinski definition) is 2. The summed E-state index contributed by atoms with van der Waals surface area (Å²) in [5.41, 5.74) is 0.465. The Morgan fingerprint density at radius 3 is 2.21 bits per heavy atom. The minimum absolute atomic E-state index is 0.465. The smallest absolute Gasteiger partial charge is 0.00303 e. The third-order valence-electron chi connectivity index (χ3n) is 2.72. The van der Waals surface area contributed by atoms with Crippen molar-refractivity contribution in [2.24, 2.45) is 11.3 Å². The summed E-state index contributed by atoms with van der Waals surface area (Å²) in [4.78, 5) is 4.87. The van der Waals surface area contributed by atoms with Gasteiger partial charge >= 0.3 is 0 Å². The highest BCUT2D eigenvalue weighted by molar-refractivity contribution is 4.83. The zero-order valence-electron chi connectivity index (χ0n) is 10.5. The maximum atomic E-state index is 2.58. The third kappa shape index (κ3) is 4.43. The fourth-order valence-electron chi connectivity index (χ4n) is 2.10. The Kier molecular flexibility index (Phi) is 3.96. The molecule has 0 atom stereocenters. The van der Waals surface area contributed by atoms with Crippen LogP contribution in [-0.2, 0) is 0 Å². The minimum Gasteiger partial charge on any atom is -0.309 e. The Hall–Kier alpha value is -0.0800. The Bertz CT molecular complexity index is 164. The lowest BCUT2D eigenvalue weighted by molar-refractivity contribution is 0.0557. The molecule has 0 aromatic rings. The SMILES string of the molecule is CN(C)CCC1CN(CC(C)(C)C)C1. The van der Waals surface area contributed by atoms with Crippen molar-refractivity contribution >= 4 is 0 Å². The van der Waals surface area contributed by atoms with E-state index in [9.17, 15) is 0 Å². The molecule has 1 fully saturated rings. The summed E-state index contributed by atoms with van der Waals surface area (Å²) >= 11 is 0. The van der Waals surface area contributed by atoms with Crippen LogP contribution in [0.3, 0.4) is 0 Å². The number of likely N-dealkylation sites (tertiary alicyclic amines) is 1. The summed E-state index contributed by atoms with van der Waals surface area (Å²) in [5.74, 6) is 0.958. The first kappa shape index (κ1) is 12.0. The van der Waals surface area contributed by atoms with Gasteiger partial charge in [-0.3, -0.25) is 0 Å². The second-order valence-electron chi connectivity index (χ2n) is 6.21. The average molecular weight is 198 g/mol. The van der Waals surface area contributed by atoms with Gasteiger partial charge in [-0.05, 0) is 38.4 Å². The quantitative estimate of drug-likeness (QED) is 0.681. The van der Waals surface area contributed by atoms with E-state index in [0.29, 0.717) is 5.41 Å². The Morgan fingerprint density at radius 1 is 1.21 bits per heavy atom. The van der Waals surface area contributed by atoms with Gasteiger partial charge in [-0.15, -0.1) is 0 Å². The number of rotatable bonds is 4. The second kappa shape index (κ2) is 4.63. The van der Waals surface area contributed by atoms with Gasteiger partial charge in [-0.1, -0.05) is 20.8 Å². The van der Waals surface area contributed by atoms with Crippen LogP contribution in [-0.4, -0.2) is 50.1 Å². The molecule has 0 amide bonds. The maximum Gasteiger partial charge on any atom is 0.00303 e. The van der Waals surface area contributed by atoms with Crippen molar-refractivity contribution in [2.75, 3.05) is 40.3 Å². The highest BCUT2D eigenvalue weighted by atomic mass is 15.2. The van der Waals surface area contributed by atoms with Crippen LogP contribution in [0.1, 0.15) is 27.2 Å². The van der Waals surface area contributed by atoms with Gasteiger partial charge in [0.2, 0.25) is 0 Å². The van der Waals surface area contributed by atoms with Crippen LogP contribution in [0.4, 0.5) is 0 Å². The molecule has 1 rings (SSSR count). The third-order valence-corrected chi connectivity index (χ3v) is 2.72. The number of nitrogens with zero attached hydrogens (tertiary/aromatic N) is 2. The molecule has 1 saturated heterocycles.